The number of terminal acetylenes is 1. The van der Waals surface area contributed by atoms with Crippen LogP contribution in [0.2, 0.25) is 0 Å². The average molecular weight is 284 g/mol. The maximum atomic E-state index is 11.9. The van der Waals surface area contributed by atoms with E-state index >= 15 is 0 Å². The molecule has 106 valence electrons. The number of nitrogens with zero attached hydrogens (tertiary/aromatic N) is 5. The number of carbonyl (C=O) groups excluding carboxylic acids is 1. The van der Waals surface area contributed by atoms with E-state index in [1.54, 1.807) is 0 Å². The molecular weight excluding hydrogens is 272 g/mol. The lowest BCUT2D eigenvalue weighted by Gasteiger charge is -2.14. The molecule has 1 atom stereocenters. The minimum atomic E-state index is -0.251. The van der Waals surface area contributed by atoms with Crippen molar-refractivity contribution < 1.29 is 9.90 Å². The van der Waals surface area contributed by atoms with Gasteiger partial charge < -0.3 is 10.8 Å². The maximum Gasteiger partial charge on any atom is 0.236 e. The van der Waals surface area contributed by atoms with Crippen molar-refractivity contribution in [2.24, 2.45) is 5.92 Å². The molecule has 0 radical (unpaired) electrons. The Morgan fingerprint density at radius 2 is 2.29 bits per heavy atom. The van der Waals surface area contributed by atoms with Gasteiger partial charge in [0.05, 0.1) is 18.5 Å². The van der Waals surface area contributed by atoms with Crippen molar-refractivity contribution >= 4 is 28.8 Å². The van der Waals surface area contributed by atoms with Crippen molar-refractivity contribution in [2.45, 2.75) is 13.0 Å². The molecule has 0 bridgehead atoms. The Morgan fingerprint density at radius 1 is 1.48 bits per heavy atom. The Labute approximate surface area is 120 Å². The highest BCUT2D eigenvalue weighted by molar-refractivity contribution is 5.95. The van der Waals surface area contributed by atoms with Crippen molar-refractivity contribution in [2.75, 3.05) is 17.2 Å². The molecule has 21 heavy (non-hydrogen) atoms. The number of aromatic nitrogens is 4. The number of aliphatic hydroxyl groups excluding tert-OH is 1. The van der Waals surface area contributed by atoms with Crippen LogP contribution >= 0.6 is 0 Å². The second-order valence-electron chi connectivity index (χ2n) is 4.67. The lowest BCUT2D eigenvalue weighted by Crippen LogP contribution is -2.27. The normalized spacial score (nSPS) is 18.2. The molecule has 3 rings (SSSR count). The van der Waals surface area contributed by atoms with E-state index in [4.69, 9.17) is 17.3 Å². The predicted molar refractivity (Wildman–Crippen MR) is 74.8 cm³/mol. The molecule has 1 amide bonds. The monoisotopic (exact) mass is 284 g/mol. The van der Waals surface area contributed by atoms with Gasteiger partial charge in [-0.15, -0.1) is 12.3 Å². The van der Waals surface area contributed by atoms with E-state index in [-0.39, 0.29) is 42.3 Å². The molecule has 0 aliphatic carbocycles. The molecule has 1 saturated heterocycles. The third kappa shape index (κ3) is 2.23. The first-order valence-corrected chi connectivity index (χ1v) is 6.29. The Morgan fingerprint density at radius 3 is 2.95 bits per heavy atom. The maximum absolute atomic E-state index is 11.9. The van der Waals surface area contributed by atoms with Gasteiger partial charge in [0, 0.05) is 18.9 Å². The third-order valence-corrected chi connectivity index (χ3v) is 3.24. The van der Waals surface area contributed by atoms with Crippen LogP contribution in [0.15, 0.2) is 6.20 Å². The fraction of sp³-hybridized carbons (Fsp3) is 0.308. The predicted octanol–water partition coefficient (Wildman–Crippen LogP) is -0.520. The highest BCUT2D eigenvalue weighted by Crippen LogP contribution is 2.24. The molecule has 0 saturated carbocycles. The fourth-order valence-corrected chi connectivity index (χ4v) is 2.16. The number of rotatable bonds is 2. The molecule has 3 heterocycles. The van der Waals surface area contributed by atoms with Crippen molar-refractivity contribution in [3.05, 3.63) is 11.9 Å². The first-order chi connectivity index (χ1) is 10.1. The molecule has 2 aromatic rings. The van der Waals surface area contributed by atoms with E-state index in [0.717, 1.165) is 0 Å². The summed E-state index contributed by atoms with van der Waals surface area (Å²) in [7, 11) is 0. The van der Waals surface area contributed by atoms with Crippen LogP contribution in [-0.2, 0) is 11.4 Å². The molecule has 1 fully saturated rings. The van der Waals surface area contributed by atoms with E-state index in [1.807, 2.05) is 0 Å². The van der Waals surface area contributed by atoms with E-state index < -0.39 is 0 Å². The number of hydrogen-bond donors (Lipinski definition) is 2. The molecule has 1 unspecified atom stereocenters. The molecule has 1 aliphatic heterocycles. The summed E-state index contributed by atoms with van der Waals surface area (Å²) in [5.41, 5.74) is 6.78. The van der Waals surface area contributed by atoms with Crippen LogP contribution in [0.3, 0.4) is 0 Å². The third-order valence-electron chi connectivity index (χ3n) is 3.24. The van der Waals surface area contributed by atoms with E-state index in [1.165, 1.54) is 11.1 Å². The van der Waals surface area contributed by atoms with Gasteiger partial charge in [-0.25, -0.2) is 9.97 Å². The summed E-state index contributed by atoms with van der Waals surface area (Å²) >= 11 is 0. The lowest BCUT2D eigenvalue weighted by molar-refractivity contribution is -0.117. The zero-order valence-electron chi connectivity index (χ0n) is 11.0. The largest absolute Gasteiger partial charge is 0.390 e. The molecule has 8 nitrogen and oxygen atoms in total. The average Bonchev–Trinajstić information content (AvgIpc) is 2.88. The number of carbonyl (C=O) groups is 1. The van der Waals surface area contributed by atoms with E-state index in [9.17, 15) is 4.79 Å². The molecule has 0 spiro atoms. The Hall–Kier alpha value is -2.79. The second-order valence-corrected chi connectivity index (χ2v) is 4.67. The van der Waals surface area contributed by atoms with Crippen molar-refractivity contribution in [3.8, 4) is 12.3 Å². The van der Waals surface area contributed by atoms with Gasteiger partial charge >= 0.3 is 0 Å². The Balaban J connectivity index is 2.05. The number of aliphatic hydroxyl groups is 1. The van der Waals surface area contributed by atoms with Crippen molar-refractivity contribution in [3.63, 3.8) is 0 Å². The Kier molecular flexibility index (Phi) is 3.12. The quantitative estimate of drug-likeness (QED) is 0.712. The summed E-state index contributed by atoms with van der Waals surface area (Å²) in [4.78, 5) is 29.8. The van der Waals surface area contributed by atoms with E-state index in [0.29, 0.717) is 17.8 Å². The van der Waals surface area contributed by atoms with Crippen molar-refractivity contribution in [1.82, 2.24) is 19.9 Å². The van der Waals surface area contributed by atoms with Gasteiger partial charge in [-0.3, -0.25) is 9.69 Å². The zero-order chi connectivity index (χ0) is 15.0. The standard InChI is InChI=1S/C13H12N6O2/c1-2-7-3-9(21)19(5-7)13-17-11(14)10-12(18-13)15-4-8(6-20)16-10/h1,4,7,20H,3,5-6H2,(H2,14,15,17,18). The van der Waals surface area contributed by atoms with Crippen LogP contribution in [0.1, 0.15) is 12.1 Å². The summed E-state index contributed by atoms with van der Waals surface area (Å²) in [5.74, 6) is 2.54. The highest BCUT2D eigenvalue weighted by Gasteiger charge is 2.31. The van der Waals surface area contributed by atoms with Gasteiger partial charge in [0.15, 0.2) is 17.0 Å². The second kappa shape index (κ2) is 4.96. The summed E-state index contributed by atoms with van der Waals surface area (Å²) < 4.78 is 0. The van der Waals surface area contributed by atoms with Gasteiger partial charge in [0.2, 0.25) is 11.9 Å². The molecule has 2 aromatic heterocycles. The SMILES string of the molecule is C#CC1CC(=O)N(c2nc(N)c3nc(CO)cnc3n2)C1. The summed E-state index contributed by atoms with van der Waals surface area (Å²) in [5, 5.41) is 9.05. The number of fused-ring (bicyclic) bond motifs is 1. The minimum absolute atomic E-state index is 0.106. The van der Waals surface area contributed by atoms with Gasteiger partial charge in [-0.2, -0.15) is 9.97 Å². The number of nitrogen functional groups attached to an aromatic ring is 1. The molecule has 1 aliphatic rings. The summed E-state index contributed by atoms with van der Waals surface area (Å²) in [6.07, 6.45) is 7.02. The van der Waals surface area contributed by atoms with Gasteiger partial charge in [0.25, 0.3) is 0 Å². The smallest absolute Gasteiger partial charge is 0.236 e. The van der Waals surface area contributed by atoms with Crippen LogP contribution in [0.4, 0.5) is 11.8 Å². The molecule has 3 N–H and O–H groups in total. The highest BCUT2D eigenvalue weighted by atomic mass is 16.3. The van der Waals surface area contributed by atoms with Gasteiger partial charge in [-0.05, 0) is 0 Å². The summed E-state index contributed by atoms with van der Waals surface area (Å²) in [6.45, 7) is 0.112. The van der Waals surface area contributed by atoms with Crippen molar-refractivity contribution in [1.29, 1.82) is 0 Å². The van der Waals surface area contributed by atoms with Crippen LogP contribution < -0.4 is 10.6 Å². The van der Waals surface area contributed by atoms with Crippen LogP contribution in [0, 0.1) is 18.3 Å². The number of amides is 1. The zero-order valence-corrected chi connectivity index (χ0v) is 11.0. The molecule has 0 aromatic carbocycles. The molecular formula is C13H12N6O2. The minimum Gasteiger partial charge on any atom is -0.390 e. The number of anilines is 2. The van der Waals surface area contributed by atoms with Crippen LogP contribution in [0.5, 0.6) is 0 Å². The fourth-order valence-electron chi connectivity index (χ4n) is 2.16. The van der Waals surface area contributed by atoms with Gasteiger partial charge in [-0.1, -0.05) is 0 Å². The summed E-state index contributed by atoms with van der Waals surface area (Å²) in [6, 6.07) is 0. The topological polar surface area (TPSA) is 118 Å². The number of nitrogens with two attached hydrogens (primary N) is 1. The van der Waals surface area contributed by atoms with Gasteiger partial charge in [0.1, 0.15) is 0 Å². The molecule has 8 heteroatoms. The van der Waals surface area contributed by atoms with E-state index in [2.05, 4.69) is 25.9 Å². The Bertz CT molecular complexity index is 769. The number of hydrogen-bond acceptors (Lipinski definition) is 7. The van der Waals surface area contributed by atoms with Crippen LogP contribution in [-0.4, -0.2) is 37.5 Å². The first kappa shape index (κ1) is 13.2. The lowest BCUT2D eigenvalue weighted by atomic mass is 10.1. The first-order valence-electron chi connectivity index (χ1n) is 6.29. The van der Waals surface area contributed by atoms with Crippen LogP contribution in [0.25, 0.3) is 11.2 Å².